The van der Waals surface area contributed by atoms with Crippen LogP contribution in [0.15, 0.2) is 10.6 Å². The van der Waals surface area contributed by atoms with Crippen LogP contribution in [0.5, 0.6) is 0 Å². The van der Waals surface area contributed by atoms with Gasteiger partial charge in [0.05, 0.1) is 11.6 Å². The Hall–Kier alpha value is -1.19. The molecular weight excluding hydrogens is 262 g/mol. The molecule has 0 saturated carbocycles. The highest BCUT2D eigenvalue weighted by Gasteiger charge is 2.25. The number of nitrogens with zero attached hydrogens (tertiary/aromatic N) is 2. The van der Waals surface area contributed by atoms with Gasteiger partial charge in [0, 0.05) is 13.1 Å². The summed E-state index contributed by atoms with van der Waals surface area (Å²) in [7, 11) is 0. The maximum absolute atomic E-state index is 11.8. The van der Waals surface area contributed by atoms with Gasteiger partial charge in [0.15, 0.2) is 5.57 Å². The number of rotatable bonds is 5. The van der Waals surface area contributed by atoms with E-state index in [1.807, 2.05) is 12.3 Å². The molecule has 2 N–H and O–H groups in total. The number of thioether (sulfide) groups is 1. The Balaban J connectivity index is 2.86. The van der Waals surface area contributed by atoms with Crippen LogP contribution in [0.25, 0.3) is 0 Å². The minimum Gasteiger partial charge on any atom is -0.462 e. The lowest BCUT2D eigenvalue weighted by atomic mass is 9.97. The number of nitrogens with two attached hydrogens (primary N) is 1. The molecule has 0 aromatic heterocycles. The standard InChI is InChI=1S/C13H21N3O2S/c1-3-18-13(17)11(9-15)12(19-2)16-6-4-10(8-14)5-7-16/h10H,3-8,14H2,1-2H3/b12-11-. The lowest BCUT2D eigenvalue weighted by molar-refractivity contribution is -0.138. The van der Waals surface area contributed by atoms with Crippen LogP contribution in [0.2, 0.25) is 0 Å². The van der Waals surface area contributed by atoms with Crippen molar-refractivity contribution in [3.63, 3.8) is 0 Å². The highest BCUT2D eigenvalue weighted by atomic mass is 32.2. The zero-order valence-electron chi connectivity index (χ0n) is 11.5. The van der Waals surface area contributed by atoms with Gasteiger partial charge in [-0.1, -0.05) is 0 Å². The van der Waals surface area contributed by atoms with Crippen molar-refractivity contribution in [1.82, 2.24) is 4.90 Å². The fourth-order valence-electron chi connectivity index (χ4n) is 2.15. The van der Waals surface area contributed by atoms with Crippen molar-refractivity contribution in [3.05, 3.63) is 10.6 Å². The first-order valence-corrected chi connectivity index (χ1v) is 7.70. The predicted molar refractivity (Wildman–Crippen MR) is 76.1 cm³/mol. The van der Waals surface area contributed by atoms with E-state index >= 15 is 0 Å². The lowest BCUT2D eigenvalue weighted by Crippen LogP contribution is -2.35. The SMILES string of the molecule is CCOC(=O)/C(C#N)=C(\SC)N1CCC(CN)CC1. The van der Waals surface area contributed by atoms with E-state index in [2.05, 4.69) is 4.90 Å². The first-order valence-electron chi connectivity index (χ1n) is 6.48. The smallest absolute Gasteiger partial charge is 0.351 e. The van der Waals surface area contributed by atoms with Crippen LogP contribution in [0.3, 0.4) is 0 Å². The summed E-state index contributed by atoms with van der Waals surface area (Å²) >= 11 is 1.42. The summed E-state index contributed by atoms with van der Waals surface area (Å²) in [6, 6.07) is 1.98. The minimum atomic E-state index is -0.532. The molecule has 106 valence electrons. The number of hydrogen-bond donors (Lipinski definition) is 1. The second-order valence-electron chi connectivity index (χ2n) is 4.38. The molecule has 0 aliphatic carbocycles. The molecule has 0 radical (unpaired) electrons. The number of esters is 1. The molecule has 0 atom stereocenters. The number of piperidine rings is 1. The van der Waals surface area contributed by atoms with Crippen molar-refractivity contribution >= 4 is 17.7 Å². The highest BCUT2D eigenvalue weighted by molar-refractivity contribution is 8.02. The van der Waals surface area contributed by atoms with E-state index in [0.717, 1.165) is 31.0 Å². The predicted octanol–water partition coefficient (Wildman–Crippen LogP) is 1.32. The summed E-state index contributed by atoms with van der Waals surface area (Å²) in [5.41, 5.74) is 5.78. The Morgan fingerprint density at radius 2 is 2.16 bits per heavy atom. The van der Waals surface area contributed by atoms with Gasteiger partial charge < -0.3 is 15.4 Å². The third-order valence-electron chi connectivity index (χ3n) is 3.23. The summed E-state index contributed by atoms with van der Waals surface area (Å²) in [4.78, 5) is 13.9. The van der Waals surface area contributed by atoms with Gasteiger partial charge in [-0.25, -0.2) is 4.79 Å². The molecule has 1 saturated heterocycles. The van der Waals surface area contributed by atoms with E-state index in [-0.39, 0.29) is 12.2 Å². The van der Waals surface area contributed by atoms with Crippen LogP contribution < -0.4 is 5.73 Å². The molecule has 1 fully saturated rings. The van der Waals surface area contributed by atoms with Crippen molar-refractivity contribution in [3.8, 4) is 6.07 Å². The highest BCUT2D eigenvalue weighted by Crippen LogP contribution is 2.27. The fourth-order valence-corrected chi connectivity index (χ4v) is 2.92. The summed E-state index contributed by atoms with van der Waals surface area (Å²) in [5, 5.41) is 9.90. The summed E-state index contributed by atoms with van der Waals surface area (Å²) in [6.07, 6.45) is 3.88. The lowest BCUT2D eigenvalue weighted by Gasteiger charge is -2.34. The second kappa shape index (κ2) is 8.08. The van der Waals surface area contributed by atoms with Crippen molar-refractivity contribution in [2.75, 3.05) is 32.5 Å². The van der Waals surface area contributed by atoms with Crippen LogP contribution in [0.1, 0.15) is 19.8 Å². The maximum atomic E-state index is 11.8. The Kier molecular flexibility index (Phi) is 6.74. The topological polar surface area (TPSA) is 79.4 Å². The Morgan fingerprint density at radius 3 is 2.58 bits per heavy atom. The molecule has 0 unspecified atom stereocenters. The number of ether oxygens (including phenoxy) is 1. The van der Waals surface area contributed by atoms with Crippen LogP contribution in [-0.2, 0) is 9.53 Å². The third-order valence-corrected chi connectivity index (χ3v) is 4.08. The van der Waals surface area contributed by atoms with Gasteiger partial charge in [-0.2, -0.15) is 5.26 Å². The molecule has 0 aromatic carbocycles. The summed E-state index contributed by atoms with van der Waals surface area (Å²) < 4.78 is 4.93. The number of carbonyl (C=O) groups excluding carboxylic acids is 1. The number of carbonyl (C=O) groups is 1. The largest absolute Gasteiger partial charge is 0.462 e. The number of likely N-dealkylation sites (tertiary alicyclic amines) is 1. The Bertz CT molecular complexity index is 382. The molecule has 0 amide bonds. The maximum Gasteiger partial charge on any atom is 0.351 e. The zero-order chi connectivity index (χ0) is 14.3. The monoisotopic (exact) mass is 283 g/mol. The molecule has 0 bridgehead atoms. The van der Waals surface area contributed by atoms with Gasteiger partial charge in [0.2, 0.25) is 0 Å². The van der Waals surface area contributed by atoms with Crippen LogP contribution >= 0.6 is 11.8 Å². The Labute approximate surface area is 118 Å². The van der Waals surface area contributed by atoms with Crippen LogP contribution in [-0.4, -0.2) is 43.4 Å². The summed E-state index contributed by atoms with van der Waals surface area (Å²) in [6.45, 7) is 4.39. The molecule has 5 nitrogen and oxygen atoms in total. The molecule has 19 heavy (non-hydrogen) atoms. The molecule has 1 heterocycles. The average Bonchev–Trinajstić information content (AvgIpc) is 2.45. The van der Waals surface area contributed by atoms with E-state index in [9.17, 15) is 10.1 Å². The third kappa shape index (κ3) is 4.15. The van der Waals surface area contributed by atoms with E-state index in [0.29, 0.717) is 12.5 Å². The van der Waals surface area contributed by atoms with Gasteiger partial charge in [-0.15, -0.1) is 11.8 Å². The van der Waals surface area contributed by atoms with Gasteiger partial charge in [0.25, 0.3) is 0 Å². The summed E-state index contributed by atoms with van der Waals surface area (Å²) in [5.74, 6) is 0.0165. The molecule has 1 aliphatic heterocycles. The van der Waals surface area contributed by atoms with Gasteiger partial charge >= 0.3 is 5.97 Å². The van der Waals surface area contributed by atoms with Crippen molar-refractivity contribution in [2.24, 2.45) is 11.7 Å². The molecule has 0 aromatic rings. The minimum absolute atomic E-state index is 0.112. The van der Waals surface area contributed by atoms with Crippen molar-refractivity contribution < 1.29 is 9.53 Å². The van der Waals surface area contributed by atoms with Gasteiger partial charge in [0.1, 0.15) is 6.07 Å². The van der Waals surface area contributed by atoms with Crippen molar-refractivity contribution in [1.29, 1.82) is 5.26 Å². The van der Waals surface area contributed by atoms with Crippen LogP contribution in [0, 0.1) is 17.2 Å². The van der Waals surface area contributed by atoms with Crippen LogP contribution in [0.4, 0.5) is 0 Å². The first-order chi connectivity index (χ1) is 9.17. The molecule has 0 spiro atoms. The zero-order valence-corrected chi connectivity index (χ0v) is 12.3. The molecular formula is C13H21N3O2S. The molecule has 6 heteroatoms. The first kappa shape index (κ1) is 15.9. The van der Waals surface area contributed by atoms with Crippen molar-refractivity contribution in [2.45, 2.75) is 19.8 Å². The number of hydrogen-bond acceptors (Lipinski definition) is 6. The fraction of sp³-hybridized carbons (Fsp3) is 0.692. The van der Waals surface area contributed by atoms with E-state index in [4.69, 9.17) is 10.5 Å². The van der Waals surface area contributed by atoms with Gasteiger partial charge in [-0.3, -0.25) is 0 Å². The second-order valence-corrected chi connectivity index (χ2v) is 5.18. The Morgan fingerprint density at radius 1 is 1.53 bits per heavy atom. The van der Waals surface area contributed by atoms with E-state index in [1.165, 1.54) is 11.8 Å². The van der Waals surface area contributed by atoms with Gasteiger partial charge in [-0.05, 0) is 38.5 Å². The average molecular weight is 283 g/mol. The number of nitriles is 1. The normalized spacial score (nSPS) is 17.7. The quantitative estimate of drug-likeness (QED) is 0.466. The van der Waals surface area contributed by atoms with E-state index < -0.39 is 5.97 Å². The molecule has 1 rings (SSSR count). The molecule has 1 aliphatic rings. The van der Waals surface area contributed by atoms with E-state index in [1.54, 1.807) is 6.92 Å².